The summed E-state index contributed by atoms with van der Waals surface area (Å²) < 4.78 is 4.98. The third-order valence-electron chi connectivity index (χ3n) is 3.48. The number of oxazole rings is 1. The number of nitrogens with one attached hydrogen (secondary N) is 2. The van der Waals surface area contributed by atoms with Crippen LogP contribution in [0.3, 0.4) is 0 Å². The Kier molecular flexibility index (Phi) is 3.47. The molecule has 6 nitrogen and oxygen atoms in total. The van der Waals surface area contributed by atoms with E-state index in [1.54, 1.807) is 24.3 Å². The number of nitrogens with zero attached hydrogens (tertiary/aromatic N) is 1. The van der Waals surface area contributed by atoms with E-state index in [4.69, 9.17) is 4.42 Å². The zero-order chi connectivity index (χ0) is 16.5. The second-order valence-electron chi connectivity index (χ2n) is 5.08. The molecule has 2 aromatic heterocycles. The summed E-state index contributed by atoms with van der Waals surface area (Å²) in [7, 11) is 0. The number of H-pyrrole nitrogens is 1. The third-order valence-corrected chi connectivity index (χ3v) is 4.23. The van der Waals surface area contributed by atoms with Crippen LogP contribution in [0.5, 0.6) is 0 Å². The van der Waals surface area contributed by atoms with Crippen LogP contribution in [0.15, 0.2) is 63.1 Å². The van der Waals surface area contributed by atoms with Gasteiger partial charge in [0.15, 0.2) is 10.7 Å². The van der Waals surface area contributed by atoms with E-state index in [2.05, 4.69) is 15.3 Å². The van der Waals surface area contributed by atoms with Gasteiger partial charge in [-0.3, -0.25) is 15.1 Å². The number of aromatic amines is 1. The maximum Gasteiger partial charge on any atom is 0.417 e. The van der Waals surface area contributed by atoms with E-state index in [-0.39, 0.29) is 5.91 Å². The maximum absolute atomic E-state index is 12.1. The third kappa shape index (κ3) is 2.72. The van der Waals surface area contributed by atoms with Crippen LogP contribution in [-0.2, 0) is 0 Å². The number of thiazole rings is 1. The van der Waals surface area contributed by atoms with Crippen molar-refractivity contribution in [1.82, 2.24) is 9.97 Å². The Balaban J connectivity index is 1.59. The molecule has 0 unspecified atom stereocenters. The number of aromatic nitrogens is 2. The number of carbonyl (C=O) groups is 1. The number of rotatable bonds is 3. The minimum atomic E-state index is -0.490. The molecule has 0 bridgehead atoms. The molecular weight excluding hydrogens is 326 g/mol. The summed E-state index contributed by atoms with van der Waals surface area (Å²) in [5, 5.41) is 5.14. The summed E-state index contributed by atoms with van der Waals surface area (Å²) in [5.41, 5.74) is 3.23. The van der Waals surface area contributed by atoms with Gasteiger partial charge >= 0.3 is 5.76 Å². The summed E-state index contributed by atoms with van der Waals surface area (Å²) in [6, 6.07) is 14.3. The molecule has 4 aromatic rings. The molecule has 0 saturated heterocycles. The number of fused-ring (bicyclic) bond motifs is 1. The van der Waals surface area contributed by atoms with E-state index in [1.165, 1.54) is 11.3 Å². The van der Waals surface area contributed by atoms with Gasteiger partial charge in [-0.15, -0.1) is 11.3 Å². The number of hydrogen-bond acceptors (Lipinski definition) is 5. The van der Waals surface area contributed by atoms with Crippen LogP contribution in [0, 0.1) is 0 Å². The molecule has 2 heterocycles. The normalized spacial score (nSPS) is 10.8. The molecule has 0 aliphatic rings. The maximum atomic E-state index is 12.1. The second kappa shape index (κ2) is 5.78. The molecule has 0 saturated carbocycles. The summed E-state index contributed by atoms with van der Waals surface area (Å²) in [6.45, 7) is 0. The van der Waals surface area contributed by atoms with E-state index in [0.29, 0.717) is 27.5 Å². The summed E-state index contributed by atoms with van der Waals surface area (Å²) in [4.78, 5) is 30.4. The lowest BCUT2D eigenvalue weighted by Crippen LogP contribution is -2.11. The predicted octanol–water partition coefficient (Wildman–Crippen LogP) is 3.50. The van der Waals surface area contributed by atoms with E-state index in [0.717, 1.165) is 5.56 Å². The lowest BCUT2D eigenvalue weighted by molar-refractivity contribution is 0.102. The minimum absolute atomic E-state index is 0.203. The number of benzene rings is 2. The first-order chi connectivity index (χ1) is 11.7. The molecule has 1 amide bonds. The molecule has 2 aromatic carbocycles. The fraction of sp³-hybridized carbons (Fsp3) is 0. The van der Waals surface area contributed by atoms with Crippen LogP contribution >= 0.6 is 11.3 Å². The standard InChI is InChI=1S/C17H11N3O3S/c21-15(10-4-2-1-3-5-10)20-16-18-13(9-24-16)11-6-7-14-12(8-11)19-17(22)23-14/h1-9H,(H,19,22)(H,18,20,21). The smallest absolute Gasteiger partial charge is 0.408 e. The molecule has 4 rings (SSSR count). The first kappa shape index (κ1) is 14.4. The van der Waals surface area contributed by atoms with Crippen molar-refractivity contribution in [3.8, 4) is 11.3 Å². The largest absolute Gasteiger partial charge is 0.417 e. The highest BCUT2D eigenvalue weighted by Gasteiger charge is 2.11. The van der Waals surface area contributed by atoms with Gasteiger partial charge in [-0.05, 0) is 30.3 Å². The Morgan fingerprint density at radius 1 is 1.17 bits per heavy atom. The predicted molar refractivity (Wildman–Crippen MR) is 92.3 cm³/mol. The SMILES string of the molecule is O=C(Nc1nc(-c2ccc3oc(=O)[nH]c3c2)cs1)c1ccccc1. The molecular formula is C17H11N3O3S. The van der Waals surface area contributed by atoms with Crippen molar-refractivity contribution in [2.75, 3.05) is 5.32 Å². The first-order valence-electron chi connectivity index (χ1n) is 7.14. The molecule has 0 fully saturated rings. The number of hydrogen-bond donors (Lipinski definition) is 2. The topological polar surface area (TPSA) is 88.0 Å². The lowest BCUT2D eigenvalue weighted by atomic mass is 10.1. The van der Waals surface area contributed by atoms with Crippen LogP contribution in [0.1, 0.15) is 10.4 Å². The molecule has 0 aliphatic carbocycles. The van der Waals surface area contributed by atoms with Crippen LogP contribution in [0.25, 0.3) is 22.4 Å². The summed E-state index contributed by atoms with van der Waals surface area (Å²) in [5.74, 6) is -0.692. The van der Waals surface area contributed by atoms with E-state index in [9.17, 15) is 9.59 Å². The van der Waals surface area contributed by atoms with Gasteiger partial charge in [0, 0.05) is 16.5 Å². The van der Waals surface area contributed by atoms with E-state index in [1.807, 2.05) is 29.6 Å². The number of amides is 1. The van der Waals surface area contributed by atoms with Crippen LogP contribution in [-0.4, -0.2) is 15.9 Å². The van der Waals surface area contributed by atoms with Gasteiger partial charge < -0.3 is 4.42 Å². The fourth-order valence-corrected chi connectivity index (χ4v) is 3.05. The summed E-state index contributed by atoms with van der Waals surface area (Å²) in [6.07, 6.45) is 0. The molecule has 2 N–H and O–H groups in total. The average molecular weight is 337 g/mol. The zero-order valence-electron chi connectivity index (χ0n) is 12.3. The quantitative estimate of drug-likeness (QED) is 0.599. The molecule has 24 heavy (non-hydrogen) atoms. The first-order valence-corrected chi connectivity index (χ1v) is 8.02. The van der Waals surface area contributed by atoms with Crippen molar-refractivity contribution in [3.63, 3.8) is 0 Å². The Bertz CT molecular complexity index is 1080. The molecule has 0 atom stereocenters. The fourth-order valence-electron chi connectivity index (χ4n) is 2.33. The van der Waals surface area contributed by atoms with Crippen LogP contribution in [0.2, 0.25) is 0 Å². The van der Waals surface area contributed by atoms with Gasteiger partial charge in [-0.2, -0.15) is 0 Å². The van der Waals surface area contributed by atoms with Crippen molar-refractivity contribution in [3.05, 3.63) is 70.0 Å². The van der Waals surface area contributed by atoms with Gasteiger partial charge in [0.1, 0.15) is 0 Å². The number of carbonyl (C=O) groups excluding carboxylic acids is 1. The molecule has 7 heteroatoms. The molecule has 0 aliphatic heterocycles. The van der Waals surface area contributed by atoms with Crippen molar-refractivity contribution < 1.29 is 9.21 Å². The molecule has 118 valence electrons. The Labute approximate surface area is 139 Å². The zero-order valence-corrected chi connectivity index (χ0v) is 13.1. The van der Waals surface area contributed by atoms with Gasteiger partial charge in [-0.25, -0.2) is 9.78 Å². The van der Waals surface area contributed by atoms with Gasteiger partial charge in [0.2, 0.25) is 0 Å². The Morgan fingerprint density at radius 2 is 2.00 bits per heavy atom. The lowest BCUT2D eigenvalue weighted by Gasteiger charge is -2.01. The van der Waals surface area contributed by atoms with Crippen molar-refractivity contribution in [2.45, 2.75) is 0 Å². The van der Waals surface area contributed by atoms with Crippen LogP contribution < -0.4 is 11.1 Å². The highest BCUT2D eigenvalue weighted by molar-refractivity contribution is 7.14. The van der Waals surface area contributed by atoms with Crippen molar-refractivity contribution >= 4 is 33.5 Å². The molecule has 0 spiro atoms. The highest BCUT2D eigenvalue weighted by Crippen LogP contribution is 2.27. The second-order valence-corrected chi connectivity index (χ2v) is 5.94. The van der Waals surface area contributed by atoms with Crippen molar-refractivity contribution in [1.29, 1.82) is 0 Å². The highest BCUT2D eigenvalue weighted by atomic mass is 32.1. The van der Waals surface area contributed by atoms with E-state index < -0.39 is 5.76 Å². The minimum Gasteiger partial charge on any atom is -0.408 e. The Hall–Kier alpha value is -3.19. The van der Waals surface area contributed by atoms with Gasteiger partial charge in [0.25, 0.3) is 5.91 Å². The molecule has 0 radical (unpaired) electrons. The van der Waals surface area contributed by atoms with E-state index >= 15 is 0 Å². The Morgan fingerprint density at radius 3 is 2.83 bits per heavy atom. The summed E-state index contributed by atoms with van der Waals surface area (Å²) >= 11 is 1.34. The number of anilines is 1. The monoisotopic (exact) mass is 337 g/mol. The van der Waals surface area contributed by atoms with Gasteiger partial charge in [-0.1, -0.05) is 18.2 Å². The average Bonchev–Trinajstić information content (AvgIpc) is 3.20. The van der Waals surface area contributed by atoms with Gasteiger partial charge in [0.05, 0.1) is 11.2 Å². The van der Waals surface area contributed by atoms with Crippen LogP contribution in [0.4, 0.5) is 5.13 Å². The van der Waals surface area contributed by atoms with Crippen molar-refractivity contribution in [2.24, 2.45) is 0 Å².